The number of aromatic nitrogens is 3. The van der Waals surface area contributed by atoms with Crippen molar-refractivity contribution in [2.75, 3.05) is 57.3 Å². The van der Waals surface area contributed by atoms with Gasteiger partial charge in [-0.3, -0.25) is 0 Å². The average molecular weight is 465 g/mol. The topological polar surface area (TPSA) is 108 Å². The number of rotatable bonds is 3. The summed E-state index contributed by atoms with van der Waals surface area (Å²) in [6.07, 6.45) is 12.0. The number of nitrogens with zero attached hydrogens (tertiary/aromatic N) is 6. The quantitative estimate of drug-likeness (QED) is 0.317. The maximum Gasteiger partial charge on any atom is 0.199 e. The fourth-order valence-corrected chi connectivity index (χ4v) is 1.97. The van der Waals surface area contributed by atoms with E-state index in [-0.39, 0.29) is 0 Å². The van der Waals surface area contributed by atoms with Gasteiger partial charge in [0.05, 0.1) is 42.3 Å². The normalized spacial score (nSPS) is 9.53. The molecule has 11 heteroatoms. The third kappa shape index (κ3) is 16.7. The van der Waals surface area contributed by atoms with E-state index < -0.39 is 7.82 Å². The third-order valence-electron chi connectivity index (χ3n) is 3.49. The van der Waals surface area contributed by atoms with Crippen molar-refractivity contribution >= 4 is 7.82 Å². The van der Waals surface area contributed by atoms with Crippen LogP contribution in [0.1, 0.15) is 0 Å². The Morgan fingerprint density at radius 1 is 0.469 bits per heavy atom. The molecule has 0 aliphatic rings. The molecular weight excluding hydrogens is 431 g/mol. The van der Waals surface area contributed by atoms with Gasteiger partial charge >= 0.3 is 0 Å². The van der Waals surface area contributed by atoms with Crippen molar-refractivity contribution in [2.24, 2.45) is 0 Å². The lowest BCUT2D eigenvalue weighted by atomic mass is 10.5. The van der Waals surface area contributed by atoms with Crippen LogP contribution in [0, 0.1) is 0 Å². The zero-order chi connectivity index (χ0) is 24.6. The fourth-order valence-electron chi connectivity index (χ4n) is 1.97. The lowest BCUT2D eigenvalue weighted by molar-refractivity contribution is -0.687. The molecule has 3 rings (SSSR count). The summed E-state index contributed by atoms with van der Waals surface area (Å²) >= 11 is 0. The smallest absolute Gasteiger partial charge is 0.199 e. The van der Waals surface area contributed by atoms with E-state index >= 15 is 0 Å². The van der Waals surface area contributed by atoms with Crippen molar-refractivity contribution in [1.29, 1.82) is 0 Å². The fraction of sp³-hybridized carbons (Fsp3) is 0.286. The average Bonchev–Trinajstić information content (AvgIpc) is 2.75. The van der Waals surface area contributed by atoms with E-state index in [2.05, 4.69) is 0 Å². The molecule has 0 unspecified atom stereocenters. The molecule has 0 atom stereocenters. The molecule has 0 aromatic carbocycles. The molecule has 0 fully saturated rings. The highest BCUT2D eigenvalue weighted by atomic mass is 31.2. The lowest BCUT2D eigenvalue weighted by Gasteiger charge is -2.36. The van der Waals surface area contributed by atoms with Gasteiger partial charge in [-0.15, -0.1) is 0 Å². The SMILES string of the molecule is CN(C)[n+]1ccccc1.CN(C)[n+]1ccccc1.CN(C)[n+]1ccccc1.O=P([O-])([O-])[O-]. The minimum Gasteiger partial charge on any atom is -0.822 e. The van der Waals surface area contributed by atoms with Gasteiger partial charge in [-0.2, -0.15) is 22.8 Å². The Bertz CT molecular complexity index is 767. The van der Waals surface area contributed by atoms with Gasteiger partial charge in [-0.1, -0.05) is 32.2 Å². The first-order valence-electron chi connectivity index (χ1n) is 9.56. The Hall–Kier alpha value is -3.04. The minimum absolute atomic E-state index is 2.00. The Balaban J connectivity index is 0.000000410. The molecule has 0 aliphatic carbocycles. The van der Waals surface area contributed by atoms with E-state index in [0.717, 1.165) is 0 Å². The lowest BCUT2D eigenvalue weighted by Crippen LogP contribution is -2.51. The number of pyridine rings is 3. The molecule has 176 valence electrons. The van der Waals surface area contributed by atoms with E-state index in [0.29, 0.717) is 0 Å². The summed E-state index contributed by atoms with van der Waals surface area (Å²) in [5.74, 6) is 0. The van der Waals surface area contributed by atoms with Crippen LogP contribution in [-0.2, 0) is 4.57 Å². The van der Waals surface area contributed by atoms with Gasteiger partial charge < -0.3 is 19.2 Å². The number of hydrogen-bond acceptors (Lipinski definition) is 7. The highest BCUT2D eigenvalue weighted by Gasteiger charge is 1.96. The maximum absolute atomic E-state index is 8.55. The Morgan fingerprint density at radius 2 is 0.625 bits per heavy atom. The van der Waals surface area contributed by atoms with Crippen LogP contribution in [0.15, 0.2) is 91.8 Å². The minimum atomic E-state index is -5.39. The van der Waals surface area contributed by atoms with Crippen molar-refractivity contribution < 1.29 is 33.3 Å². The van der Waals surface area contributed by atoms with Gasteiger partial charge in [0.25, 0.3) is 0 Å². The molecule has 0 saturated carbocycles. The van der Waals surface area contributed by atoms with Crippen LogP contribution in [0.5, 0.6) is 0 Å². The van der Waals surface area contributed by atoms with Crippen molar-refractivity contribution in [2.45, 2.75) is 0 Å². The van der Waals surface area contributed by atoms with Crippen molar-refractivity contribution in [3.8, 4) is 0 Å². The second kappa shape index (κ2) is 15.7. The van der Waals surface area contributed by atoms with Crippen LogP contribution in [-0.4, -0.2) is 42.3 Å². The molecular formula is C21H33N6O4P. The van der Waals surface area contributed by atoms with Gasteiger partial charge in [-0.05, 0) is 0 Å². The van der Waals surface area contributed by atoms with Crippen LogP contribution < -0.4 is 43.7 Å². The number of hydrogen-bond donors (Lipinski definition) is 0. The predicted octanol–water partition coefficient (Wildman–Crippen LogP) is -2.31. The van der Waals surface area contributed by atoms with E-state index in [9.17, 15) is 0 Å². The molecule has 0 saturated heterocycles. The molecule has 0 N–H and O–H groups in total. The summed E-state index contributed by atoms with van der Waals surface area (Å²) in [4.78, 5) is 25.6. The summed E-state index contributed by atoms with van der Waals surface area (Å²) in [7, 11) is 6.61. The van der Waals surface area contributed by atoms with Crippen LogP contribution in [0.2, 0.25) is 0 Å². The first-order chi connectivity index (χ1) is 14.9. The van der Waals surface area contributed by atoms with Crippen LogP contribution in [0.25, 0.3) is 0 Å². The monoisotopic (exact) mass is 464 g/mol. The maximum atomic E-state index is 8.55. The van der Waals surface area contributed by atoms with Crippen molar-refractivity contribution in [3.63, 3.8) is 0 Å². The first-order valence-corrected chi connectivity index (χ1v) is 11.0. The Labute approximate surface area is 190 Å². The third-order valence-corrected chi connectivity index (χ3v) is 3.49. The summed E-state index contributed by atoms with van der Waals surface area (Å²) in [6, 6.07) is 18.0. The molecule has 3 heterocycles. The van der Waals surface area contributed by atoms with E-state index in [4.69, 9.17) is 19.2 Å². The highest BCUT2D eigenvalue weighted by molar-refractivity contribution is 7.40. The van der Waals surface area contributed by atoms with Gasteiger partial charge in [0.1, 0.15) is 0 Å². The van der Waals surface area contributed by atoms with Gasteiger partial charge in [-0.25, -0.2) is 0 Å². The largest absolute Gasteiger partial charge is 0.822 e. The summed E-state index contributed by atoms with van der Waals surface area (Å²) in [6.45, 7) is 0. The van der Waals surface area contributed by atoms with Crippen molar-refractivity contribution in [3.05, 3.63) is 91.8 Å². The van der Waals surface area contributed by atoms with Crippen molar-refractivity contribution in [1.82, 2.24) is 0 Å². The molecule has 3 aromatic rings. The molecule has 3 aromatic heterocycles. The van der Waals surface area contributed by atoms with Crippen LogP contribution >= 0.6 is 7.82 Å². The van der Waals surface area contributed by atoms with Gasteiger partial charge in [0.2, 0.25) is 0 Å². The highest BCUT2D eigenvalue weighted by Crippen LogP contribution is 2.03. The van der Waals surface area contributed by atoms with E-state index in [1.807, 2.05) is 163 Å². The Morgan fingerprint density at radius 3 is 0.719 bits per heavy atom. The summed E-state index contributed by atoms with van der Waals surface area (Å²) in [5.41, 5.74) is 0. The second-order valence-electron chi connectivity index (χ2n) is 6.76. The van der Waals surface area contributed by atoms with Gasteiger partial charge in [0.15, 0.2) is 37.2 Å². The van der Waals surface area contributed by atoms with E-state index in [1.54, 1.807) is 0 Å². The van der Waals surface area contributed by atoms with Gasteiger partial charge in [0, 0.05) is 36.4 Å². The molecule has 0 spiro atoms. The zero-order valence-electron chi connectivity index (χ0n) is 19.4. The molecule has 32 heavy (non-hydrogen) atoms. The first kappa shape index (κ1) is 29.0. The Kier molecular flexibility index (Phi) is 14.2. The molecule has 0 amide bonds. The van der Waals surface area contributed by atoms with E-state index in [1.165, 1.54) is 0 Å². The summed E-state index contributed by atoms with van der Waals surface area (Å²) < 4.78 is 14.5. The molecule has 0 radical (unpaired) electrons. The zero-order valence-corrected chi connectivity index (χ0v) is 20.3. The van der Waals surface area contributed by atoms with Crippen LogP contribution in [0.4, 0.5) is 0 Å². The molecule has 0 bridgehead atoms. The van der Waals surface area contributed by atoms with Crippen LogP contribution in [0.3, 0.4) is 0 Å². The summed E-state index contributed by atoms with van der Waals surface area (Å²) in [5, 5.41) is 6.00. The molecule has 10 nitrogen and oxygen atoms in total. The standard InChI is InChI=1S/3C7H11N2.H3O4P/c3*1-8(2)9-6-4-3-5-7-9;1-5(2,3)4/h3*3-7H,1-2H3;(H3,1,2,3,4)/q3*+1;/p-3. The second-order valence-corrected chi connectivity index (χ2v) is 7.65. The molecule has 0 aliphatic heterocycles. The number of phosphoric acid groups is 1. The predicted molar refractivity (Wildman–Crippen MR) is 118 cm³/mol.